The van der Waals surface area contributed by atoms with Crippen molar-refractivity contribution in [1.82, 2.24) is 9.13 Å². The van der Waals surface area contributed by atoms with E-state index >= 15 is 0 Å². The smallest absolute Gasteiger partial charge is 0.303 e. The lowest BCUT2D eigenvalue weighted by molar-refractivity contribution is -0.267. The molecule has 10 atom stereocenters. The SMILES string of the molecule is CC(=O)OC[C@H]1O[C@@H](n2cc(C(c3ccc(Br)cc3)c3cn([C@@H]4O[C@H](COC(C)=O)[C@@H](OC(C)=O)[C@H](OC(C)=O)[C@H]4OC(C)=O)c4ccc(Br)cc34)c3cc(Br)ccc32)[C@H](OC(C)=O)[C@@H](OC(C)=O)[C@@H]1OC(C)=O. The first-order valence-electron chi connectivity index (χ1n) is 23.0. The summed E-state index contributed by atoms with van der Waals surface area (Å²) >= 11 is 10.9. The Balaban J connectivity index is 1.51. The van der Waals surface area contributed by atoms with Gasteiger partial charge in [-0.2, -0.15) is 0 Å². The molecule has 394 valence electrons. The Morgan fingerprint density at radius 2 is 0.770 bits per heavy atom. The summed E-state index contributed by atoms with van der Waals surface area (Å²) in [7, 11) is 0. The van der Waals surface area contributed by atoms with Crippen LogP contribution in [-0.4, -0.2) is 119 Å². The van der Waals surface area contributed by atoms with Gasteiger partial charge < -0.3 is 56.5 Å². The number of aromatic nitrogens is 2. The van der Waals surface area contributed by atoms with Crippen molar-refractivity contribution in [3.05, 3.63) is 103 Å². The summed E-state index contributed by atoms with van der Waals surface area (Å²) in [5.41, 5.74) is 3.06. The Morgan fingerprint density at radius 1 is 0.446 bits per heavy atom. The standard InChI is InChI=1S/C51H51Br3N2O18/c1-23(57)65-21-41-44(67-25(3)59)46(69-27(5)61)48(71-29(7)63)50(73-41)55-19-37(35-17-33(53)13-15-39(35)55)43(31-9-11-32(52)12-10-31)38-20-56(40-16-14-34(54)18-36(38)40)51-49(72-30(8)64)47(70-28(6)62)45(68-26(4)60)42(74-51)22-66-24(2)58/h9-20,41-51H,21-22H2,1-8H3/t41-,42-,44-,45-,46+,47+,48-,49-,50-,51-/m1/s1. The summed E-state index contributed by atoms with van der Waals surface area (Å²) < 4.78 is 64.6. The lowest BCUT2D eigenvalue weighted by atomic mass is 9.85. The zero-order valence-electron chi connectivity index (χ0n) is 41.1. The molecule has 2 aliphatic heterocycles. The fourth-order valence-corrected chi connectivity index (χ4v) is 10.4. The van der Waals surface area contributed by atoms with Crippen LogP contribution in [0.1, 0.15) is 90.5 Å². The zero-order valence-corrected chi connectivity index (χ0v) is 45.8. The highest BCUT2D eigenvalue weighted by molar-refractivity contribution is 9.11. The van der Waals surface area contributed by atoms with Crippen LogP contribution in [0.25, 0.3) is 21.8 Å². The number of nitrogens with zero attached hydrogens (tertiary/aromatic N) is 2. The van der Waals surface area contributed by atoms with E-state index < -0.39 is 128 Å². The van der Waals surface area contributed by atoms with E-state index in [0.717, 1.165) is 51.6 Å². The Morgan fingerprint density at radius 3 is 1.11 bits per heavy atom. The van der Waals surface area contributed by atoms with Crippen molar-refractivity contribution in [3.63, 3.8) is 0 Å². The normalized spacial score (nSPS) is 23.6. The van der Waals surface area contributed by atoms with E-state index in [-0.39, 0.29) is 0 Å². The highest BCUT2D eigenvalue weighted by atomic mass is 79.9. The van der Waals surface area contributed by atoms with Gasteiger partial charge in [-0.1, -0.05) is 59.9 Å². The summed E-state index contributed by atoms with van der Waals surface area (Å²) in [6.07, 6.45) is -10.3. The molecule has 4 heterocycles. The van der Waals surface area contributed by atoms with Crippen LogP contribution >= 0.6 is 47.8 Å². The fraction of sp³-hybridized carbons (Fsp3) is 0.412. The minimum absolute atomic E-state index is 0.457. The maximum atomic E-state index is 13.0. The van der Waals surface area contributed by atoms with Crippen LogP contribution in [0.2, 0.25) is 0 Å². The van der Waals surface area contributed by atoms with E-state index in [4.69, 9.17) is 47.4 Å². The second-order valence-electron chi connectivity index (χ2n) is 17.5. The molecule has 0 amide bonds. The topological polar surface area (TPSA) is 239 Å². The Bertz CT molecular complexity index is 2810. The van der Waals surface area contributed by atoms with Crippen LogP contribution in [0.3, 0.4) is 0 Å². The lowest BCUT2D eigenvalue weighted by Crippen LogP contribution is -2.60. The van der Waals surface area contributed by atoms with Gasteiger partial charge in [-0.25, -0.2) is 0 Å². The van der Waals surface area contributed by atoms with Crippen LogP contribution in [0, 0.1) is 0 Å². The molecule has 0 N–H and O–H groups in total. The van der Waals surface area contributed by atoms with Gasteiger partial charge in [0.05, 0.1) is 11.0 Å². The van der Waals surface area contributed by atoms with E-state index in [1.807, 2.05) is 36.4 Å². The number of hydrogen-bond donors (Lipinski definition) is 0. The van der Waals surface area contributed by atoms with Crippen LogP contribution < -0.4 is 0 Å². The molecule has 5 aromatic rings. The summed E-state index contributed by atoms with van der Waals surface area (Å²) in [6.45, 7) is 8.33. The van der Waals surface area contributed by atoms with Gasteiger partial charge in [-0.15, -0.1) is 0 Å². The van der Waals surface area contributed by atoms with Gasteiger partial charge in [-0.3, -0.25) is 38.4 Å². The molecule has 2 saturated heterocycles. The fourth-order valence-electron chi connectivity index (χ4n) is 9.43. The monoisotopic (exact) mass is 1220 g/mol. The summed E-state index contributed by atoms with van der Waals surface area (Å²) in [5.74, 6) is -6.83. The molecule has 3 aromatic carbocycles. The van der Waals surface area contributed by atoms with Gasteiger partial charge >= 0.3 is 47.8 Å². The molecule has 0 saturated carbocycles. The maximum absolute atomic E-state index is 13.0. The van der Waals surface area contributed by atoms with Crippen LogP contribution in [0.15, 0.2) is 86.5 Å². The van der Waals surface area contributed by atoms with Crippen molar-refractivity contribution in [2.75, 3.05) is 13.2 Å². The number of carbonyl (C=O) groups excluding carboxylic acids is 8. The number of fused-ring (bicyclic) bond motifs is 2. The number of benzene rings is 3. The van der Waals surface area contributed by atoms with E-state index in [2.05, 4.69) is 47.8 Å². The molecule has 0 unspecified atom stereocenters. The maximum Gasteiger partial charge on any atom is 0.303 e. The van der Waals surface area contributed by atoms with Gasteiger partial charge in [0.15, 0.2) is 49.1 Å². The third-order valence-electron chi connectivity index (χ3n) is 12.0. The van der Waals surface area contributed by atoms with Crippen molar-refractivity contribution in [1.29, 1.82) is 0 Å². The molecule has 0 bridgehead atoms. The van der Waals surface area contributed by atoms with Crippen molar-refractivity contribution in [3.8, 4) is 0 Å². The molecule has 2 aliphatic rings. The van der Waals surface area contributed by atoms with Crippen LogP contribution in [-0.2, 0) is 85.7 Å². The molecular formula is C51H51Br3N2O18. The molecular weight excluding hydrogens is 1170 g/mol. The molecule has 2 aromatic heterocycles. The average Bonchev–Trinajstić information content (AvgIpc) is 3.85. The van der Waals surface area contributed by atoms with E-state index in [1.54, 1.807) is 45.8 Å². The molecule has 7 rings (SSSR count). The van der Waals surface area contributed by atoms with Gasteiger partial charge in [0, 0.05) is 97.9 Å². The lowest BCUT2D eigenvalue weighted by Gasteiger charge is -2.45. The highest BCUT2D eigenvalue weighted by Gasteiger charge is 2.55. The molecule has 0 aliphatic carbocycles. The third-order valence-corrected chi connectivity index (χ3v) is 13.5. The van der Waals surface area contributed by atoms with E-state index in [1.165, 1.54) is 13.8 Å². The van der Waals surface area contributed by atoms with E-state index in [9.17, 15) is 38.4 Å². The number of hydrogen-bond acceptors (Lipinski definition) is 18. The predicted molar refractivity (Wildman–Crippen MR) is 269 cm³/mol. The molecule has 0 spiro atoms. The van der Waals surface area contributed by atoms with Crippen molar-refractivity contribution >= 4 is 117 Å². The first-order valence-corrected chi connectivity index (χ1v) is 25.4. The molecule has 0 radical (unpaired) electrons. The van der Waals surface area contributed by atoms with Crippen LogP contribution in [0.4, 0.5) is 0 Å². The zero-order chi connectivity index (χ0) is 53.9. The average molecular weight is 1220 g/mol. The summed E-state index contributed by atoms with van der Waals surface area (Å²) in [5, 5.41) is 1.28. The van der Waals surface area contributed by atoms with Gasteiger partial charge in [0.25, 0.3) is 0 Å². The predicted octanol–water partition coefficient (Wildman–Crippen LogP) is 7.57. The first-order chi connectivity index (χ1) is 35.0. The minimum Gasteiger partial charge on any atom is -0.463 e. The highest BCUT2D eigenvalue weighted by Crippen LogP contribution is 2.47. The molecule has 23 heteroatoms. The number of esters is 8. The number of halogens is 3. The second kappa shape index (κ2) is 23.6. The largest absolute Gasteiger partial charge is 0.463 e. The van der Waals surface area contributed by atoms with E-state index in [0.29, 0.717) is 41.9 Å². The summed E-state index contributed by atoms with van der Waals surface area (Å²) in [6, 6.07) is 18.5. The first kappa shape index (κ1) is 55.6. The molecule has 74 heavy (non-hydrogen) atoms. The third kappa shape index (κ3) is 12.7. The molecule has 20 nitrogen and oxygen atoms in total. The number of carbonyl (C=O) groups is 8. The quantitative estimate of drug-likeness (QED) is 0.0725. The van der Waals surface area contributed by atoms with Crippen molar-refractivity contribution in [2.45, 2.75) is 123 Å². The second-order valence-corrected chi connectivity index (χ2v) is 20.2. The molecule has 2 fully saturated rings. The van der Waals surface area contributed by atoms with Gasteiger partial charge in [-0.05, 0) is 65.2 Å². The van der Waals surface area contributed by atoms with Gasteiger partial charge in [0.1, 0.15) is 25.4 Å². The Kier molecular flexibility index (Phi) is 17.7. The summed E-state index contributed by atoms with van der Waals surface area (Å²) in [4.78, 5) is 101. The Hall–Kier alpha value is -6.14. The number of ether oxygens (including phenoxy) is 10. The number of rotatable bonds is 15. The van der Waals surface area contributed by atoms with Crippen molar-refractivity contribution < 1.29 is 85.7 Å². The minimum atomic E-state index is -1.48. The van der Waals surface area contributed by atoms with Crippen molar-refractivity contribution in [2.24, 2.45) is 0 Å². The Labute approximate surface area is 448 Å². The van der Waals surface area contributed by atoms with Gasteiger partial charge in [0.2, 0.25) is 0 Å². The van der Waals surface area contributed by atoms with Crippen LogP contribution in [0.5, 0.6) is 0 Å².